The number of nitrogens with two attached hydrogens (primary N) is 1. The third kappa shape index (κ3) is 3.34. The van der Waals surface area contributed by atoms with Gasteiger partial charge in [-0.3, -0.25) is 19.7 Å². The van der Waals surface area contributed by atoms with Crippen LogP contribution < -0.4 is 11.1 Å². The van der Waals surface area contributed by atoms with E-state index in [1.54, 1.807) is 0 Å². The summed E-state index contributed by atoms with van der Waals surface area (Å²) < 4.78 is 0. The van der Waals surface area contributed by atoms with Gasteiger partial charge in [-0.25, -0.2) is 0 Å². The summed E-state index contributed by atoms with van der Waals surface area (Å²) in [5.41, 5.74) is 4.76. The first-order chi connectivity index (χ1) is 4.95. The fourth-order valence-corrected chi connectivity index (χ4v) is 0.366. The van der Waals surface area contributed by atoms with Crippen molar-refractivity contribution < 1.29 is 14.4 Å². The van der Waals surface area contributed by atoms with Gasteiger partial charge in [0, 0.05) is 6.92 Å². The van der Waals surface area contributed by atoms with Crippen LogP contribution in [-0.2, 0) is 14.4 Å². The number of nitrogens with one attached hydrogen (secondary N) is 1. The first-order valence-corrected chi connectivity index (χ1v) is 2.90. The van der Waals surface area contributed by atoms with Crippen LogP contribution in [0.1, 0.15) is 13.8 Å². The predicted molar refractivity (Wildman–Crippen MR) is 36.9 cm³/mol. The van der Waals surface area contributed by atoms with E-state index in [0.717, 1.165) is 0 Å². The summed E-state index contributed by atoms with van der Waals surface area (Å²) in [6, 6.07) is 0. The number of hydrogen-bond acceptors (Lipinski definition) is 3. The highest BCUT2D eigenvalue weighted by Gasteiger charge is 2.19. The second-order valence-electron chi connectivity index (χ2n) is 2.00. The van der Waals surface area contributed by atoms with E-state index in [4.69, 9.17) is 5.73 Å². The molecule has 5 nitrogen and oxygen atoms in total. The van der Waals surface area contributed by atoms with Crippen molar-refractivity contribution in [3.8, 4) is 0 Å². The number of carbonyl (C=O) groups is 3. The number of amides is 3. The second kappa shape index (κ2) is 3.70. The van der Waals surface area contributed by atoms with Gasteiger partial charge in [-0.05, 0) is 6.92 Å². The first-order valence-electron chi connectivity index (χ1n) is 2.90. The minimum absolute atomic E-state index is 0.180. The number of primary amides is 1. The molecule has 3 amide bonds. The summed E-state index contributed by atoms with van der Waals surface area (Å²) in [4.78, 5) is 31.3. The van der Waals surface area contributed by atoms with Gasteiger partial charge in [-0.15, -0.1) is 0 Å². The highest BCUT2D eigenvalue weighted by atomic mass is 16.2. The van der Waals surface area contributed by atoms with Gasteiger partial charge >= 0.3 is 0 Å². The fourth-order valence-electron chi connectivity index (χ4n) is 0.366. The number of carbonyl (C=O) groups excluding carboxylic acids is 3. The zero-order valence-electron chi connectivity index (χ0n) is 6.30. The molecule has 11 heavy (non-hydrogen) atoms. The molecule has 61 valence electrons. The van der Waals surface area contributed by atoms with Crippen molar-refractivity contribution in [3.05, 3.63) is 5.92 Å². The van der Waals surface area contributed by atoms with Gasteiger partial charge in [0.25, 0.3) is 0 Å². The summed E-state index contributed by atoms with van der Waals surface area (Å²) in [5.74, 6) is -2.27. The highest BCUT2D eigenvalue weighted by molar-refractivity contribution is 6.16. The molecule has 0 aromatic carbocycles. The van der Waals surface area contributed by atoms with Crippen molar-refractivity contribution in [1.29, 1.82) is 0 Å². The molecule has 0 heterocycles. The topological polar surface area (TPSA) is 89.3 Å². The maximum Gasteiger partial charge on any atom is 0.243 e. The van der Waals surface area contributed by atoms with E-state index in [1.807, 2.05) is 5.32 Å². The van der Waals surface area contributed by atoms with Crippen molar-refractivity contribution in [1.82, 2.24) is 5.32 Å². The van der Waals surface area contributed by atoms with E-state index >= 15 is 0 Å². The second-order valence-corrected chi connectivity index (χ2v) is 2.00. The summed E-state index contributed by atoms with van der Waals surface area (Å²) in [6.07, 6.45) is 0. The largest absolute Gasteiger partial charge is 0.369 e. The Morgan fingerprint density at radius 1 is 1.18 bits per heavy atom. The smallest absolute Gasteiger partial charge is 0.243 e. The van der Waals surface area contributed by atoms with Crippen LogP contribution in [0, 0.1) is 5.92 Å². The molecule has 0 saturated carbocycles. The summed E-state index contributed by atoms with van der Waals surface area (Å²) in [7, 11) is 0. The average molecular weight is 157 g/mol. The third-order valence-corrected chi connectivity index (χ3v) is 1.000. The van der Waals surface area contributed by atoms with Crippen LogP contribution in [0.2, 0.25) is 0 Å². The molecule has 0 aliphatic rings. The molecule has 0 aliphatic heterocycles. The zero-order valence-corrected chi connectivity index (χ0v) is 6.30. The Kier molecular flexibility index (Phi) is 3.23. The summed E-state index contributed by atoms with van der Waals surface area (Å²) in [6.45, 7) is 2.42. The van der Waals surface area contributed by atoms with Crippen LogP contribution in [0.4, 0.5) is 0 Å². The predicted octanol–water partition coefficient (Wildman–Crippen LogP) is -1.27. The molecule has 0 bridgehead atoms. The molecule has 0 atom stereocenters. The van der Waals surface area contributed by atoms with E-state index in [0.29, 0.717) is 0 Å². The molecular weight excluding hydrogens is 148 g/mol. The molecule has 0 unspecified atom stereocenters. The lowest BCUT2D eigenvalue weighted by atomic mass is 10.1. The van der Waals surface area contributed by atoms with E-state index in [1.165, 1.54) is 13.8 Å². The summed E-state index contributed by atoms with van der Waals surface area (Å²) in [5, 5.41) is 1.91. The highest BCUT2D eigenvalue weighted by Crippen LogP contribution is 1.94. The molecule has 0 saturated heterocycles. The van der Waals surface area contributed by atoms with Gasteiger partial charge in [0.05, 0.1) is 0 Å². The molecule has 0 aromatic rings. The van der Waals surface area contributed by atoms with Crippen molar-refractivity contribution in [3.63, 3.8) is 0 Å². The van der Waals surface area contributed by atoms with Gasteiger partial charge in [0.2, 0.25) is 17.7 Å². The molecule has 0 aromatic heterocycles. The van der Waals surface area contributed by atoms with Gasteiger partial charge in [-0.1, -0.05) is 0 Å². The molecule has 0 aliphatic carbocycles. The number of imide groups is 1. The lowest BCUT2D eigenvalue weighted by molar-refractivity contribution is -0.129. The lowest BCUT2D eigenvalue weighted by Crippen LogP contribution is -2.37. The SMILES string of the molecule is C[C](C(N)=O)C(=O)NC(C)=O. The monoisotopic (exact) mass is 157 g/mol. The average Bonchev–Trinajstić information content (AvgIpc) is 1.84. The van der Waals surface area contributed by atoms with Crippen molar-refractivity contribution >= 4 is 17.7 Å². The molecule has 0 fully saturated rings. The van der Waals surface area contributed by atoms with Crippen LogP contribution in [0.15, 0.2) is 0 Å². The molecule has 0 rings (SSSR count). The normalized spacial score (nSPS) is 9.36. The van der Waals surface area contributed by atoms with Crippen LogP contribution in [0.3, 0.4) is 0 Å². The molecule has 3 N–H and O–H groups in total. The Hall–Kier alpha value is -1.39. The van der Waals surface area contributed by atoms with E-state index in [-0.39, 0.29) is 5.92 Å². The van der Waals surface area contributed by atoms with Gasteiger partial charge in [-0.2, -0.15) is 0 Å². The molecule has 0 spiro atoms. The van der Waals surface area contributed by atoms with Crippen LogP contribution in [0.5, 0.6) is 0 Å². The fraction of sp³-hybridized carbons (Fsp3) is 0.333. The maximum absolute atomic E-state index is 10.7. The molecule has 1 radical (unpaired) electrons. The Balaban J connectivity index is 4.04. The van der Waals surface area contributed by atoms with Crippen LogP contribution in [0.25, 0.3) is 0 Å². The Labute approximate surface area is 63.9 Å². The molecular formula is C6H9N2O3. The summed E-state index contributed by atoms with van der Waals surface area (Å²) >= 11 is 0. The minimum atomic E-state index is -0.830. The van der Waals surface area contributed by atoms with E-state index in [9.17, 15) is 14.4 Å². The Bertz CT molecular complexity index is 200. The number of rotatable bonds is 2. The van der Waals surface area contributed by atoms with Gasteiger partial charge in [0.1, 0.15) is 5.92 Å². The van der Waals surface area contributed by atoms with Gasteiger partial charge < -0.3 is 5.73 Å². The Morgan fingerprint density at radius 2 is 1.64 bits per heavy atom. The van der Waals surface area contributed by atoms with Crippen molar-refractivity contribution in [2.45, 2.75) is 13.8 Å². The molecule has 5 heteroatoms. The minimum Gasteiger partial charge on any atom is -0.369 e. The maximum atomic E-state index is 10.7. The first kappa shape index (κ1) is 9.61. The van der Waals surface area contributed by atoms with E-state index in [2.05, 4.69) is 0 Å². The quantitative estimate of drug-likeness (QED) is 0.490. The van der Waals surface area contributed by atoms with Crippen LogP contribution >= 0.6 is 0 Å². The lowest BCUT2D eigenvalue weighted by Gasteiger charge is -2.03. The number of hydrogen-bond donors (Lipinski definition) is 2. The Morgan fingerprint density at radius 3 is 1.91 bits per heavy atom. The van der Waals surface area contributed by atoms with Crippen molar-refractivity contribution in [2.24, 2.45) is 5.73 Å². The van der Waals surface area contributed by atoms with E-state index < -0.39 is 17.7 Å². The van der Waals surface area contributed by atoms with Gasteiger partial charge in [0.15, 0.2) is 0 Å². The zero-order chi connectivity index (χ0) is 9.02. The standard InChI is InChI=1S/C6H9N2O3/c1-3(5(7)10)6(11)8-4(2)9/h1-2H3,(H2,7,10)(H,8,9,11). The third-order valence-electron chi connectivity index (χ3n) is 1.000. The van der Waals surface area contributed by atoms with Crippen LogP contribution in [-0.4, -0.2) is 17.7 Å². The van der Waals surface area contributed by atoms with Crippen molar-refractivity contribution in [2.75, 3.05) is 0 Å².